The van der Waals surface area contributed by atoms with Crippen molar-refractivity contribution in [2.75, 3.05) is 0 Å². The Labute approximate surface area is 55.4 Å². The van der Waals surface area contributed by atoms with Crippen molar-refractivity contribution in [2.24, 2.45) is 4.99 Å². The summed E-state index contributed by atoms with van der Waals surface area (Å²) in [6.07, 6.45) is -1.30. The second-order valence-corrected chi connectivity index (χ2v) is 1.64. The largest absolute Gasteiger partial charge is 0.420 e. The van der Waals surface area contributed by atoms with Gasteiger partial charge in [0.1, 0.15) is 0 Å². The van der Waals surface area contributed by atoms with E-state index in [9.17, 15) is 13.2 Å². The molecule has 2 nitrogen and oxygen atoms in total. The zero-order valence-electron chi connectivity index (χ0n) is 4.81. The van der Waals surface area contributed by atoms with Gasteiger partial charge in [-0.2, -0.15) is 13.2 Å². The Bertz CT molecular complexity index is 158. The molecule has 0 aliphatic carbocycles. The van der Waals surface area contributed by atoms with Crippen LogP contribution in [0.2, 0.25) is 0 Å². The molecule has 0 fully saturated rings. The van der Waals surface area contributed by atoms with E-state index in [2.05, 4.69) is 10.3 Å². The molecule has 0 aromatic rings. The zero-order chi connectivity index (χ0) is 7.61. The highest BCUT2D eigenvalue weighted by Gasteiger charge is 2.39. The van der Waals surface area contributed by atoms with Crippen LogP contribution in [0, 0.1) is 6.04 Å². The Morgan fingerprint density at radius 1 is 1.40 bits per heavy atom. The Morgan fingerprint density at radius 3 is 2.40 bits per heavy atom. The van der Waals surface area contributed by atoms with Gasteiger partial charge in [0.2, 0.25) is 6.04 Å². The summed E-state index contributed by atoms with van der Waals surface area (Å²) < 4.78 is 35.1. The first-order chi connectivity index (χ1) is 4.61. The van der Waals surface area contributed by atoms with Crippen molar-refractivity contribution in [3.63, 3.8) is 0 Å². The number of hydrogen-bond donors (Lipinski definition) is 1. The van der Waals surface area contributed by atoms with Crippen molar-refractivity contribution in [3.8, 4) is 0 Å². The van der Waals surface area contributed by atoms with Crippen LogP contribution >= 0.6 is 0 Å². The summed E-state index contributed by atoms with van der Waals surface area (Å²) in [5.74, 6) is 0. The molecule has 0 bridgehead atoms. The average Bonchev–Trinajstić information content (AvgIpc) is 1.88. The van der Waals surface area contributed by atoms with Gasteiger partial charge in [-0.15, -0.1) is 0 Å². The number of hydrogen-bond acceptors (Lipinski definition) is 2. The van der Waals surface area contributed by atoms with Gasteiger partial charge in [0.15, 0.2) is 0 Å². The highest BCUT2D eigenvalue weighted by Crippen LogP contribution is 2.30. The number of nitrogens with zero attached hydrogens (tertiary/aromatic N) is 1. The zero-order valence-corrected chi connectivity index (χ0v) is 4.81. The molecular formula is C5H4F3N2. The topological polar surface area (TPSA) is 24.4 Å². The Balaban J connectivity index is 2.64. The van der Waals surface area contributed by atoms with Gasteiger partial charge in [-0.3, -0.25) is 4.99 Å². The molecule has 1 N–H and O–H groups in total. The SMILES string of the molecule is FC(F)(F)[C]1C=CNC=N1. The summed E-state index contributed by atoms with van der Waals surface area (Å²) in [5.41, 5.74) is 0. The van der Waals surface area contributed by atoms with Gasteiger partial charge in [-0.1, -0.05) is 0 Å². The van der Waals surface area contributed by atoms with Gasteiger partial charge in [0.25, 0.3) is 0 Å². The quantitative estimate of drug-likeness (QED) is 0.550. The Kier molecular flexibility index (Phi) is 1.65. The van der Waals surface area contributed by atoms with Gasteiger partial charge in [0.05, 0.1) is 6.34 Å². The molecule has 1 radical (unpaired) electrons. The van der Waals surface area contributed by atoms with Gasteiger partial charge < -0.3 is 5.32 Å². The monoisotopic (exact) mass is 149 g/mol. The van der Waals surface area contributed by atoms with E-state index in [1.54, 1.807) is 0 Å². The van der Waals surface area contributed by atoms with Crippen LogP contribution in [-0.4, -0.2) is 12.5 Å². The lowest BCUT2D eigenvalue weighted by Gasteiger charge is -2.12. The summed E-state index contributed by atoms with van der Waals surface area (Å²) in [5, 5.41) is 2.39. The second-order valence-electron chi connectivity index (χ2n) is 1.64. The van der Waals surface area contributed by atoms with Crippen LogP contribution in [-0.2, 0) is 0 Å². The average molecular weight is 149 g/mol. The third-order valence-electron chi connectivity index (χ3n) is 0.906. The number of aliphatic imine (C=N–C) groups is 1. The van der Waals surface area contributed by atoms with Crippen molar-refractivity contribution >= 4 is 6.34 Å². The maximum absolute atomic E-state index is 11.7. The fourth-order valence-corrected chi connectivity index (χ4v) is 0.488. The predicted octanol–water partition coefficient (Wildman–Crippen LogP) is 1.23. The fraction of sp³-hybridized carbons (Fsp3) is 0.200. The molecule has 0 amide bonds. The van der Waals surface area contributed by atoms with Crippen LogP contribution in [0.4, 0.5) is 13.2 Å². The summed E-state index contributed by atoms with van der Waals surface area (Å²) in [4.78, 5) is 3.07. The van der Waals surface area contributed by atoms with Crippen molar-refractivity contribution in [1.82, 2.24) is 5.32 Å². The minimum Gasteiger partial charge on any atom is -0.353 e. The van der Waals surface area contributed by atoms with Crippen LogP contribution in [0.1, 0.15) is 0 Å². The molecular weight excluding hydrogens is 145 g/mol. The molecule has 0 spiro atoms. The highest BCUT2D eigenvalue weighted by atomic mass is 19.4. The van der Waals surface area contributed by atoms with Crippen molar-refractivity contribution in [3.05, 3.63) is 18.3 Å². The van der Waals surface area contributed by atoms with Crippen LogP contribution < -0.4 is 5.32 Å². The molecule has 10 heavy (non-hydrogen) atoms. The summed E-state index contributed by atoms with van der Waals surface area (Å²) in [7, 11) is 0. The van der Waals surface area contributed by atoms with Crippen LogP contribution in [0.25, 0.3) is 0 Å². The molecule has 1 aliphatic heterocycles. The van der Waals surface area contributed by atoms with E-state index in [0.717, 1.165) is 12.4 Å². The minimum absolute atomic E-state index is 0.875. The van der Waals surface area contributed by atoms with Crippen LogP contribution in [0.15, 0.2) is 17.3 Å². The lowest BCUT2D eigenvalue weighted by atomic mass is 10.3. The first-order valence-corrected chi connectivity index (χ1v) is 2.50. The smallest absolute Gasteiger partial charge is 0.353 e. The molecule has 1 rings (SSSR count). The molecule has 0 saturated carbocycles. The first kappa shape index (κ1) is 7.11. The van der Waals surface area contributed by atoms with Crippen molar-refractivity contribution < 1.29 is 13.2 Å². The molecule has 1 heterocycles. The van der Waals surface area contributed by atoms with E-state index >= 15 is 0 Å². The maximum atomic E-state index is 11.7. The van der Waals surface area contributed by atoms with Crippen molar-refractivity contribution in [1.29, 1.82) is 0 Å². The van der Waals surface area contributed by atoms with E-state index < -0.39 is 12.2 Å². The van der Waals surface area contributed by atoms with Crippen molar-refractivity contribution in [2.45, 2.75) is 6.18 Å². The summed E-state index contributed by atoms with van der Waals surface area (Å²) in [6, 6.07) is -0.883. The van der Waals surface area contributed by atoms with E-state index in [-0.39, 0.29) is 0 Å². The first-order valence-electron chi connectivity index (χ1n) is 2.50. The van der Waals surface area contributed by atoms with E-state index in [4.69, 9.17) is 0 Å². The van der Waals surface area contributed by atoms with Crippen LogP contribution in [0.5, 0.6) is 0 Å². The number of rotatable bonds is 0. The molecule has 1 aliphatic rings. The number of halogens is 3. The Morgan fingerprint density at radius 2 is 2.10 bits per heavy atom. The normalized spacial score (nSPS) is 19.1. The number of nitrogens with one attached hydrogen (secondary N) is 1. The third-order valence-corrected chi connectivity index (χ3v) is 0.906. The molecule has 55 valence electrons. The van der Waals surface area contributed by atoms with Crippen LogP contribution in [0.3, 0.4) is 0 Å². The predicted molar refractivity (Wildman–Crippen MR) is 30.1 cm³/mol. The third kappa shape index (κ3) is 1.49. The minimum atomic E-state index is -4.34. The molecule has 0 aromatic carbocycles. The molecule has 0 unspecified atom stereocenters. The van der Waals surface area contributed by atoms with Gasteiger partial charge in [-0.05, 0) is 6.08 Å². The Hall–Kier alpha value is -1.00. The standard InChI is InChI=1S/C5H4F3N2/c6-5(7,8)4-1-2-9-3-10-4/h1-3H,(H,9,10). The van der Waals surface area contributed by atoms with E-state index in [1.165, 1.54) is 6.20 Å². The lowest BCUT2D eigenvalue weighted by Crippen LogP contribution is -2.21. The van der Waals surface area contributed by atoms with E-state index in [0.29, 0.717) is 0 Å². The fourth-order valence-electron chi connectivity index (χ4n) is 0.488. The lowest BCUT2D eigenvalue weighted by molar-refractivity contribution is -0.108. The van der Waals surface area contributed by atoms with E-state index in [1.807, 2.05) is 0 Å². The number of alkyl halides is 3. The molecule has 5 heteroatoms. The molecule has 0 atom stereocenters. The summed E-state index contributed by atoms with van der Waals surface area (Å²) >= 11 is 0. The summed E-state index contributed by atoms with van der Waals surface area (Å²) in [6.45, 7) is 0. The highest BCUT2D eigenvalue weighted by molar-refractivity contribution is 5.60. The molecule has 0 aromatic heterocycles. The van der Waals surface area contributed by atoms with Gasteiger partial charge in [0, 0.05) is 6.20 Å². The molecule has 0 saturated heterocycles. The van der Waals surface area contributed by atoms with Gasteiger partial charge in [-0.25, -0.2) is 0 Å². The van der Waals surface area contributed by atoms with Gasteiger partial charge >= 0.3 is 6.18 Å². The second kappa shape index (κ2) is 2.32. The maximum Gasteiger partial charge on any atom is 0.420 e.